The number of halogens is 1. The normalized spacial score (nSPS) is 15.4. The summed E-state index contributed by atoms with van der Waals surface area (Å²) < 4.78 is 24.6. The minimum Gasteiger partial charge on any atom is -0.495 e. The minimum absolute atomic E-state index is 0.0969. The van der Waals surface area contributed by atoms with Crippen LogP contribution in [0.2, 0.25) is 0 Å². The van der Waals surface area contributed by atoms with Crippen LogP contribution in [0.5, 0.6) is 17.2 Å². The summed E-state index contributed by atoms with van der Waals surface area (Å²) in [6, 6.07) is 28.5. The summed E-state index contributed by atoms with van der Waals surface area (Å²) in [7, 11) is 3.03. The maximum absolute atomic E-state index is 13.6. The van der Waals surface area contributed by atoms with Gasteiger partial charge >= 0.3 is 6.03 Å². The maximum Gasteiger partial charge on any atom is 0.321 e. The minimum atomic E-state index is -0.526. The number of methoxy groups -OCH3 is 1. The average molecular weight is 858 g/mol. The third-order valence-electron chi connectivity index (χ3n) is 11.9. The third kappa shape index (κ3) is 11.2. The van der Waals surface area contributed by atoms with Gasteiger partial charge in [0.2, 0.25) is 0 Å². The Labute approximate surface area is 368 Å². The molecular formula is C49H56FN7O6. The van der Waals surface area contributed by atoms with Crippen molar-refractivity contribution in [3.8, 4) is 17.2 Å². The second kappa shape index (κ2) is 21.1. The largest absolute Gasteiger partial charge is 0.495 e. The summed E-state index contributed by atoms with van der Waals surface area (Å²) >= 11 is 0. The molecule has 330 valence electrons. The lowest BCUT2D eigenvalue weighted by atomic mass is 9.95. The molecule has 1 aromatic heterocycles. The van der Waals surface area contributed by atoms with Crippen LogP contribution in [0.4, 0.5) is 14.9 Å². The summed E-state index contributed by atoms with van der Waals surface area (Å²) in [5, 5.41) is 7.46. The van der Waals surface area contributed by atoms with E-state index in [1.165, 1.54) is 19.1 Å². The van der Waals surface area contributed by atoms with Crippen molar-refractivity contribution in [2.75, 3.05) is 71.4 Å². The van der Waals surface area contributed by atoms with E-state index in [1.807, 2.05) is 60.4 Å². The van der Waals surface area contributed by atoms with Crippen LogP contribution in [0.25, 0.3) is 10.8 Å². The number of aldehydes is 1. The smallest absolute Gasteiger partial charge is 0.321 e. The van der Waals surface area contributed by atoms with Crippen LogP contribution in [0.15, 0.2) is 97.1 Å². The SMILES string of the molecule is CNC(=O)N(CCC=O)c1cc(C(=O)N2CCN(CC3CCN(Cc4cccc(C(C)NC(=O)c5ccc6c(Oc7ccc(CF)cc7)cccc6c5)n4)CC3)CC2)ccc1OC. The van der Waals surface area contributed by atoms with E-state index in [0.29, 0.717) is 58.6 Å². The first kappa shape index (κ1) is 44.7. The number of benzene rings is 4. The van der Waals surface area contributed by atoms with Gasteiger partial charge in [0.1, 0.15) is 30.2 Å². The van der Waals surface area contributed by atoms with Gasteiger partial charge in [-0.2, -0.15) is 0 Å². The van der Waals surface area contributed by atoms with Gasteiger partial charge in [0.25, 0.3) is 11.8 Å². The fraction of sp³-hybridized carbons (Fsp3) is 0.367. The molecule has 2 aliphatic heterocycles. The number of carbonyl (C=O) groups excluding carboxylic acids is 4. The molecule has 0 aliphatic carbocycles. The second-order valence-electron chi connectivity index (χ2n) is 16.2. The predicted octanol–water partition coefficient (Wildman–Crippen LogP) is 7.40. The molecule has 13 nitrogen and oxygen atoms in total. The van der Waals surface area contributed by atoms with E-state index in [-0.39, 0.29) is 36.9 Å². The number of nitrogens with zero attached hydrogens (tertiary/aromatic N) is 5. The Morgan fingerprint density at radius 2 is 1.62 bits per heavy atom. The lowest BCUT2D eigenvalue weighted by Crippen LogP contribution is -2.50. The molecule has 2 N–H and O–H groups in total. The number of pyridine rings is 1. The number of alkyl halides is 1. The molecule has 1 atom stereocenters. The zero-order chi connectivity index (χ0) is 44.3. The molecule has 7 rings (SSSR count). The van der Waals surface area contributed by atoms with Gasteiger partial charge in [-0.1, -0.05) is 30.3 Å². The molecule has 0 bridgehead atoms. The van der Waals surface area contributed by atoms with E-state index >= 15 is 0 Å². The van der Waals surface area contributed by atoms with Crippen molar-refractivity contribution in [3.63, 3.8) is 0 Å². The lowest BCUT2D eigenvalue weighted by Gasteiger charge is -2.39. The maximum atomic E-state index is 13.6. The Hall–Kier alpha value is -6.38. The molecule has 0 spiro atoms. The predicted molar refractivity (Wildman–Crippen MR) is 241 cm³/mol. The third-order valence-corrected chi connectivity index (χ3v) is 11.9. The highest BCUT2D eigenvalue weighted by molar-refractivity contribution is 6.00. The average Bonchev–Trinajstić information content (AvgIpc) is 3.32. The van der Waals surface area contributed by atoms with E-state index in [4.69, 9.17) is 14.5 Å². The highest BCUT2D eigenvalue weighted by Gasteiger charge is 2.28. The van der Waals surface area contributed by atoms with Crippen LogP contribution in [0, 0.1) is 5.92 Å². The number of carbonyl (C=O) groups is 4. The number of piperazine rings is 1. The number of hydrogen-bond donors (Lipinski definition) is 2. The van der Waals surface area contributed by atoms with Crippen molar-refractivity contribution in [2.45, 2.75) is 45.4 Å². The first-order valence-corrected chi connectivity index (χ1v) is 21.6. The number of rotatable bonds is 16. The molecule has 0 radical (unpaired) electrons. The number of anilines is 1. The van der Waals surface area contributed by atoms with Gasteiger partial charge in [-0.25, -0.2) is 9.18 Å². The molecule has 2 fully saturated rings. The first-order chi connectivity index (χ1) is 30.7. The first-order valence-electron chi connectivity index (χ1n) is 21.6. The number of likely N-dealkylation sites (tertiary alicyclic amines) is 1. The van der Waals surface area contributed by atoms with Crippen molar-refractivity contribution in [1.29, 1.82) is 0 Å². The Bertz CT molecular complexity index is 2380. The monoisotopic (exact) mass is 857 g/mol. The highest BCUT2D eigenvalue weighted by atomic mass is 19.1. The fourth-order valence-electron chi connectivity index (χ4n) is 8.36. The van der Waals surface area contributed by atoms with Gasteiger partial charge < -0.3 is 29.8 Å². The molecule has 63 heavy (non-hydrogen) atoms. The molecule has 14 heteroatoms. The van der Waals surface area contributed by atoms with Crippen molar-refractivity contribution in [3.05, 3.63) is 125 Å². The molecule has 3 heterocycles. The van der Waals surface area contributed by atoms with Crippen LogP contribution in [-0.2, 0) is 18.0 Å². The molecule has 2 aliphatic rings. The summed E-state index contributed by atoms with van der Waals surface area (Å²) in [6.07, 6.45) is 3.07. The van der Waals surface area contributed by atoms with Gasteiger partial charge in [0.15, 0.2) is 0 Å². The van der Waals surface area contributed by atoms with Gasteiger partial charge in [-0.05, 0) is 116 Å². The molecule has 4 aromatic carbocycles. The molecular weight excluding hydrogens is 802 g/mol. The van der Waals surface area contributed by atoms with Gasteiger partial charge in [-0.15, -0.1) is 0 Å². The summed E-state index contributed by atoms with van der Waals surface area (Å²) in [5.41, 5.74) is 3.81. The zero-order valence-electron chi connectivity index (χ0n) is 36.2. The number of ether oxygens (including phenoxy) is 2. The van der Waals surface area contributed by atoms with Crippen LogP contribution < -0.4 is 25.0 Å². The number of nitrogens with one attached hydrogen (secondary N) is 2. The molecule has 4 amide bonds. The Morgan fingerprint density at radius 1 is 0.873 bits per heavy atom. The number of amides is 4. The number of urea groups is 1. The van der Waals surface area contributed by atoms with E-state index in [2.05, 4.69) is 20.4 Å². The number of piperidine rings is 1. The molecule has 1 unspecified atom stereocenters. The van der Waals surface area contributed by atoms with Crippen LogP contribution in [0.3, 0.4) is 0 Å². The van der Waals surface area contributed by atoms with Crippen LogP contribution >= 0.6 is 0 Å². The van der Waals surface area contributed by atoms with Crippen LogP contribution in [-0.4, -0.2) is 110 Å². The van der Waals surface area contributed by atoms with E-state index in [0.717, 1.165) is 80.6 Å². The molecule has 5 aromatic rings. The Morgan fingerprint density at radius 3 is 2.33 bits per heavy atom. The summed E-state index contributed by atoms with van der Waals surface area (Å²) in [6.45, 7) is 8.08. The van der Waals surface area contributed by atoms with Crippen molar-refractivity contribution < 1.29 is 33.0 Å². The lowest BCUT2D eigenvalue weighted by molar-refractivity contribution is -0.107. The quantitative estimate of drug-likeness (QED) is 0.0974. The Balaban J connectivity index is 0.865. The number of aromatic nitrogens is 1. The standard InChI is InChI=1S/C49H56FN7O6/c1-34(52-47(59)38-13-17-42-37(29-38)7-4-10-45(42)63-41-15-11-35(31-50)12-16-41)43-9-5-8-40(53-43)33-54-22-19-36(20-23-54)32-55-24-26-56(27-25-55)48(60)39-14-18-46(62-3)44(30-39)57(21-6-28-58)49(61)51-2/h4-5,7-18,28-30,34,36H,6,19-27,31-33H2,1-3H3,(H,51,61)(H,52,59). The van der Waals surface area contributed by atoms with Crippen molar-refractivity contribution >= 4 is 40.6 Å². The number of fused-ring (bicyclic) bond motifs is 1. The highest BCUT2D eigenvalue weighted by Crippen LogP contribution is 2.32. The van der Waals surface area contributed by atoms with Crippen LogP contribution in [0.1, 0.15) is 69.9 Å². The van der Waals surface area contributed by atoms with Gasteiger partial charge in [0, 0.05) is 75.8 Å². The Kier molecular flexibility index (Phi) is 15.0. The van der Waals surface area contributed by atoms with E-state index in [9.17, 15) is 23.6 Å². The summed E-state index contributed by atoms with van der Waals surface area (Å²) in [4.78, 5) is 64.0. The molecule has 0 saturated carbocycles. The zero-order valence-corrected chi connectivity index (χ0v) is 36.2. The fourth-order valence-corrected chi connectivity index (χ4v) is 8.36. The van der Waals surface area contributed by atoms with Crippen molar-refractivity contribution in [1.82, 2.24) is 30.3 Å². The van der Waals surface area contributed by atoms with E-state index in [1.54, 1.807) is 48.5 Å². The molecule has 2 saturated heterocycles. The number of hydrogen-bond acceptors (Lipinski definition) is 9. The van der Waals surface area contributed by atoms with E-state index < -0.39 is 6.67 Å². The second-order valence-corrected chi connectivity index (χ2v) is 16.2. The topological polar surface area (TPSA) is 137 Å². The van der Waals surface area contributed by atoms with Gasteiger partial charge in [0.05, 0.1) is 30.2 Å². The summed E-state index contributed by atoms with van der Waals surface area (Å²) in [5.74, 6) is 1.99. The van der Waals surface area contributed by atoms with Gasteiger partial charge in [-0.3, -0.25) is 29.3 Å². The van der Waals surface area contributed by atoms with Crippen molar-refractivity contribution in [2.24, 2.45) is 5.92 Å².